The van der Waals surface area contributed by atoms with Gasteiger partial charge in [-0.15, -0.1) is 0 Å². The number of nitrogens with one attached hydrogen (secondary N) is 2. The molecule has 1 aliphatic carbocycles. The van der Waals surface area contributed by atoms with Crippen molar-refractivity contribution in [2.45, 2.75) is 51.4 Å². The topological polar surface area (TPSA) is 67.4 Å². The first-order valence-corrected chi connectivity index (χ1v) is 10.6. The number of hydrogen-bond acceptors (Lipinski definition) is 3. The Labute approximate surface area is 172 Å². The van der Waals surface area contributed by atoms with E-state index in [9.17, 15) is 9.59 Å². The largest absolute Gasteiger partial charge is 0.494 e. The lowest BCUT2D eigenvalue weighted by molar-refractivity contribution is -0.126. The Morgan fingerprint density at radius 1 is 0.931 bits per heavy atom. The minimum Gasteiger partial charge on any atom is -0.494 e. The SMILES string of the molecule is CCCCOc1ccc(C(=O)NNC(=O)C2CCC(c3ccccc3)CC2)cc1. The van der Waals surface area contributed by atoms with Crippen molar-refractivity contribution in [3.63, 3.8) is 0 Å². The van der Waals surface area contributed by atoms with E-state index in [-0.39, 0.29) is 17.7 Å². The summed E-state index contributed by atoms with van der Waals surface area (Å²) in [6.07, 6.45) is 5.75. The second kappa shape index (κ2) is 10.6. The molecule has 2 aromatic rings. The highest BCUT2D eigenvalue weighted by Crippen LogP contribution is 2.35. The van der Waals surface area contributed by atoms with Gasteiger partial charge in [0.15, 0.2) is 0 Å². The van der Waals surface area contributed by atoms with Crippen LogP contribution in [0.25, 0.3) is 0 Å². The van der Waals surface area contributed by atoms with E-state index in [1.807, 2.05) is 6.07 Å². The van der Waals surface area contributed by atoms with E-state index in [0.29, 0.717) is 18.1 Å². The van der Waals surface area contributed by atoms with Crippen molar-refractivity contribution in [1.29, 1.82) is 0 Å². The quantitative estimate of drug-likeness (QED) is 0.533. The summed E-state index contributed by atoms with van der Waals surface area (Å²) in [7, 11) is 0. The molecule has 5 heteroatoms. The Balaban J connectivity index is 1.41. The van der Waals surface area contributed by atoms with Crippen molar-refractivity contribution in [3.05, 3.63) is 65.7 Å². The molecule has 154 valence electrons. The van der Waals surface area contributed by atoms with E-state index in [1.54, 1.807) is 24.3 Å². The molecule has 0 spiro atoms. The summed E-state index contributed by atoms with van der Waals surface area (Å²) in [5, 5.41) is 0. The average Bonchev–Trinajstić information content (AvgIpc) is 2.78. The van der Waals surface area contributed by atoms with Gasteiger partial charge < -0.3 is 4.74 Å². The van der Waals surface area contributed by atoms with Gasteiger partial charge in [0.2, 0.25) is 5.91 Å². The maximum atomic E-state index is 12.4. The van der Waals surface area contributed by atoms with Gasteiger partial charge in [0.1, 0.15) is 5.75 Å². The number of amides is 2. The third-order valence-corrected chi connectivity index (χ3v) is 5.55. The third-order valence-electron chi connectivity index (χ3n) is 5.55. The number of hydrazine groups is 1. The van der Waals surface area contributed by atoms with Crippen LogP contribution in [-0.2, 0) is 4.79 Å². The van der Waals surface area contributed by atoms with Gasteiger partial charge in [-0.25, -0.2) is 0 Å². The van der Waals surface area contributed by atoms with Crippen molar-refractivity contribution in [3.8, 4) is 5.75 Å². The molecule has 0 radical (unpaired) electrons. The summed E-state index contributed by atoms with van der Waals surface area (Å²) >= 11 is 0. The lowest BCUT2D eigenvalue weighted by Crippen LogP contribution is -2.45. The molecule has 1 saturated carbocycles. The molecule has 3 rings (SSSR count). The Bertz CT molecular complexity index is 782. The molecule has 2 N–H and O–H groups in total. The minimum absolute atomic E-state index is 0.0513. The predicted octanol–water partition coefficient (Wildman–Crippen LogP) is 4.60. The monoisotopic (exact) mass is 394 g/mol. The van der Waals surface area contributed by atoms with Crippen LogP contribution in [0.15, 0.2) is 54.6 Å². The Kier molecular flexibility index (Phi) is 7.68. The smallest absolute Gasteiger partial charge is 0.269 e. The number of benzene rings is 2. The third kappa shape index (κ3) is 6.08. The maximum Gasteiger partial charge on any atom is 0.269 e. The van der Waals surface area contributed by atoms with Gasteiger partial charge >= 0.3 is 0 Å². The summed E-state index contributed by atoms with van der Waals surface area (Å²) in [5.74, 6) is 0.785. The van der Waals surface area contributed by atoms with Crippen molar-refractivity contribution in [2.24, 2.45) is 5.92 Å². The zero-order valence-corrected chi connectivity index (χ0v) is 17.0. The van der Waals surface area contributed by atoms with Gasteiger partial charge in [-0.05, 0) is 67.9 Å². The summed E-state index contributed by atoms with van der Waals surface area (Å²) in [6.45, 7) is 2.78. The fourth-order valence-corrected chi connectivity index (χ4v) is 3.74. The van der Waals surface area contributed by atoms with Crippen molar-refractivity contribution < 1.29 is 14.3 Å². The second-order valence-corrected chi connectivity index (χ2v) is 7.63. The highest BCUT2D eigenvalue weighted by Gasteiger charge is 2.27. The summed E-state index contributed by atoms with van der Waals surface area (Å²) in [5.41, 5.74) is 6.96. The lowest BCUT2D eigenvalue weighted by Gasteiger charge is -2.28. The normalized spacial score (nSPS) is 18.7. The standard InChI is InChI=1S/C24H30N2O3/c1-2-3-17-29-22-15-13-21(14-16-22)24(28)26-25-23(27)20-11-9-19(10-12-20)18-7-5-4-6-8-18/h4-8,13-16,19-20H,2-3,9-12,17H2,1H3,(H,25,27)(H,26,28). The summed E-state index contributed by atoms with van der Waals surface area (Å²) in [6, 6.07) is 17.4. The minimum atomic E-state index is -0.323. The lowest BCUT2D eigenvalue weighted by atomic mass is 9.78. The number of rotatable bonds is 7. The van der Waals surface area contributed by atoms with Crippen molar-refractivity contribution in [1.82, 2.24) is 10.9 Å². The highest BCUT2D eigenvalue weighted by atomic mass is 16.5. The van der Waals surface area contributed by atoms with Gasteiger partial charge in [-0.3, -0.25) is 20.4 Å². The Hall–Kier alpha value is -2.82. The van der Waals surface area contributed by atoms with Crippen LogP contribution in [0.1, 0.15) is 67.3 Å². The summed E-state index contributed by atoms with van der Waals surface area (Å²) in [4.78, 5) is 24.7. The first-order chi connectivity index (χ1) is 14.2. The number of hydrogen-bond donors (Lipinski definition) is 2. The molecule has 5 nitrogen and oxygen atoms in total. The fourth-order valence-electron chi connectivity index (χ4n) is 3.74. The maximum absolute atomic E-state index is 12.4. The molecule has 0 aromatic heterocycles. The zero-order chi connectivity index (χ0) is 20.5. The number of carbonyl (C=O) groups is 2. The molecule has 0 atom stereocenters. The van der Waals surface area contributed by atoms with E-state index >= 15 is 0 Å². The molecular formula is C24H30N2O3. The predicted molar refractivity (Wildman–Crippen MR) is 114 cm³/mol. The van der Waals surface area contributed by atoms with E-state index in [0.717, 1.165) is 44.3 Å². The molecule has 1 fully saturated rings. The Morgan fingerprint density at radius 3 is 2.28 bits per heavy atom. The van der Waals surface area contributed by atoms with Crippen molar-refractivity contribution in [2.75, 3.05) is 6.61 Å². The van der Waals surface area contributed by atoms with Gasteiger partial charge in [0.05, 0.1) is 6.61 Å². The van der Waals surface area contributed by atoms with Gasteiger partial charge in [0, 0.05) is 11.5 Å². The zero-order valence-electron chi connectivity index (χ0n) is 17.0. The molecule has 29 heavy (non-hydrogen) atoms. The highest BCUT2D eigenvalue weighted by molar-refractivity contribution is 5.95. The molecule has 1 aliphatic rings. The number of ether oxygens (including phenoxy) is 1. The van der Waals surface area contributed by atoms with Gasteiger partial charge in [-0.1, -0.05) is 43.7 Å². The molecule has 0 aliphatic heterocycles. The van der Waals surface area contributed by atoms with E-state index in [2.05, 4.69) is 42.0 Å². The molecule has 2 aromatic carbocycles. The van der Waals surface area contributed by atoms with Crippen LogP contribution in [0.4, 0.5) is 0 Å². The van der Waals surface area contributed by atoms with Crippen LogP contribution in [-0.4, -0.2) is 18.4 Å². The molecule has 0 heterocycles. The number of carbonyl (C=O) groups excluding carboxylic acids is 2. The van der Waals surface area contributed by atoms with E-state index in [1.165, 1.54) is 5.56 Å². The van der Waals surface area contributed by atoms with Gasteiger partial charge in [-0.2, -0.15) is 0 Å². The van der Waals surface area contributed by atoms with E-state index < -0.39 is 0 Å². The fraction of sp³-hybridized carbons (Fsp3) is 0.417. The van der Waals surface area contributed by atoms with Crippen LogP contribution >= 0.6 is 0 Å². The molecule has 0 unspecified atom stereocenters. The van der Waals surface area contributed by atoms with E-state index in [4.69, 9.17) is 4.74 Å². The van der Waals surface area contributed by atoms with Crippen LogP contribution < -0.4 is 15.6 Å². The van der Waals surface area contributed by atoms with Crippen LogP contribution in [0.2, 0.25) is 0 Å². The van der Waals surface area contributed by atoms with Gasteiger partial charge in [0.25, 0.3) is 5.91 Å². The Morgan fingerprint density at radius 2 is 1.62 bits per heavy atom. The average molecular weight is 395 g/mol. The molecule has 0 bridgehead atoms. The van der Waals surface area contributed by atoms with Crippen LogP contribution in [0.3, 0.4) is 0 Å². The first-order valence-electron chi connectivity index (χ1n) is 10.6. The second-order valence-electron chi connectivity index (χ2n) is 7.63. The number of unbranched alkanes of at least 4 members (excludes halogenated alkanes) is 1. The molecule has 0 saturated heterocycles. The van der Waals surface area contributed by atoms with Crippen LogP contribution in [0.5, 0.6) is 5.75 Å². The first kappa shape index (κ1) is 20.9. The summed E-state index contributed by atoms with van der Waals surface area (Å²) < 4.78 is 5.60. The molecule has 2 amide bonds. The van der Waals surface area contributed by atoms with Crippen LogP contribution in [0, 0.1) is 5.92 Å². The van der Waals surface area contributed by atoms with Crippen molar-refractivity contribution >= 4 is 11.8 Å². The molecular weight excluding hydrogens is 364 g/mol.